The zero-order valence-electron chi connectivity index (χ0n) is 14.4. The van der Waals surface area contributed by atoms with Gasteiger partial charge in [0.25, 0.3) is 5.91 Å². The van der Waals surface area contributed by atoms with Gasteiger partial charge in [-0.3, -0.25) is 7.91 Å². The van der Waals surface area contributed by atoms with Gasteiger partial charge in [0, 0.05) is 5.02 Å². The number of nitrogens with zero attached hydrogens (tertiary/aromatic N) is 1. The van der Waals surface area contributed by atoms with E-state index in [-0.39, 0.29) is 11.5 Å². The second-order valence-corrected chi connectivity index (χ2v) is 8.96. The van der Waals surface area contributed by atoms with E-state index in [0.717, 1.165) is 35.4 Å². The molecule has 0 N–H and O–H groups in total. The predicted octanol–water partition coefficient (Wildman–Crippen LogP) is 5.45. The van der Waals surface area contributed by atoms with Gasteiger partial charge in [-0.1, -0.05) is 23.7 Å². The molecule has 25 heavy (non-hydrogen) atoms. The molecule has 1 atom stereocenters. The largest absolute Gasteiger partial charge is 0.488 e. The summed E-state index contributed by atoms with van der Waals surface area (Å²) >= 11 is 8.30. The van der Waals surface area contributed by atoms with Gasteiger partial charge < -0.3 is 4.74 Å². The number of hydrogen-bond acceptors (Lipinski definition) is 2. The fourth-order valence-corrected chi connectivity index (χ4v) is 4.82. The monoisotopic (exact) mass is 467 g/mol. The van der Waals surface area contributed by atoms with Crippen LogP contribution in [0.25, 0.3) is 0 Å². The highest BCUT2D eigenvalue weighted by molar-refractivity contribution is 14.1. The molecule has 4 rings (SSSR count). The van der Waals surface area contributed by atoms with Crippen molar-refractivity contribution in [2.45, 2.75) is 44.6 Å². The summed E-state index contributed by atoms with van der Waals surface area (Å²) in [7, 11) is 0. The van der Waals surface area contributed by atoms with Crippen molar-refractivity contribution in [2.24, 2.45) is 0 Å². The zero-order valence-corrected chi connectivity index (χ0v) is 17.3. The molecule has 2 aliphatic rings. The van der Waals surface area contributed by atoms with E-state index in [1.807, 2.05) is 37.3 Å². The first kappa shape index (κ1) is 17.2. The molecule has 0 unspecified atom stereocenters. The summed E-state index contributed by atoms with van der Waals surface area (Å²) in [6, 6.07) is 11.8. The molecule has 0 radical (unpaired) electrons. The van der Waals surface area contributed by atoms with Crippen LogP contribution in [-0.2, 0) is 16.6 Å². The Bertz CT molecular complexity index is 895. The topological polar surface area (TPSA) is 29.5 Å². The van der Waals surface area contributed by atoms with Crippen molar-refractivity contribution in [3.05, 3.63) is 58.1 Å². The molecule has 1 amide bonds. The second-order valence-electron chi connectivity index (χ2n) is 7.56. The van der Waals surface area contributed by atoms with Gasteiger partial charge in [0.15, 0.2) is 0 Å². The number of carbonyl (C=O) groups is 1. The molecule has 5 heteroatoms. The molecule has 0 saturated heterocycles. The highest BCUT2D eigenvalue weighted by Crippen LogP contribution is 2.49. The minimum absolute atomic E-state index is 0.0578. The number of fused-ring (bicyclic) bond motifs is 2. The molecule has 0 saturated carbocycles. The van der Waals surface area contributed by atoms with Crippen LogP contribution in [0.5, 0.6) is 5.75 Å². The fraction of sp³-hybridized carbons (Fsp3) is 0.350. The summed E-state index contributed by atoms with van der Waals surface area (Å²) < 4.78 is 7.79. The van der Waals surface area contributed by atoms with Gasteiger partial charge in [0.1, 0.15) is 11.4 Å². The standard InChI is InChI=1S/C20H19ClINO2/c1-19(2)9-8-12-10-13(4-7-17(12)25-19)20(3)15-11-14(21)5-6-16(15)23(22)18(20)24/h4-7,10-11H,8-9H2,1-3H3/t20-/m0/s1. The Morgan fingerprint density at radius 2 is 1.92 bits per heavy atom. The Labute approximate surface area is 166 Å². The van der Waals surface area contributed by atoms with Crippen molar-refractivity contribution in [3.8, 4) is 5.75 Å². The van der Waals surface area contributed by atoms with E-state index in [4.69, 9.17) is 16.3 Å². The first-order chi connectivity index (χ1) is 11.7. The minimum atomic E-state index is -0.733. The van der Waals surface area contributed by atoms with Gasteiger partial charge in [-0.25, -0.2) is 0 Å². The lowest BCUT2D eigenvalue weighted by molar-refractivity contribution is -0.119. The third-order valence-corrected chi connectivity index (χ3v) is 6.53. The van der Waals surface area contributed by atoms with E-state index >= 15 is 0 Å². The molecule has 2 aromatic rings. The molecule has 130 valence electrons. The molecule has 0 spiro atoms. The summed E-state index contributed by atoms with van der Waals surface area (Å²) in [5, 5.41) is 0.646. The molecular weight excluding hydrogens is 449 g/mol. The number of amides is 1. The quantitative estimate of drug-likeness (QED) is 0.412. The molecule has 2 heterocycles. The van der Waals surface area contributed by atoms with Crippen LogP contribution in [0.2, 0.25) is 5.02 Å². The van der Waals surface area contributed by atoms with E-state index in [0.29, 0.717) is 5.02 Å². The summed E-state index contributed by atoms with van der Waals surface area (Å²) in [5.74, 6) is 0.981. The summed E-state index contributed by atoms with van der Waals surface area (Å²) in [5.41, 5.74) is 3.15. The number of aryl methyl sites for hydroxylation is 1. The maximum Gasteiger partial charge on any atom is 0.250 e. The Hall–Kier alpha value is -1.27. The first-order valence-electron chi connectivity index (χ1n) is 8.35. The molecule has 0 fully saturated rings. The molecule has 3 nitrogen and oxygen atoms in total. The summed E-state index contributed by atoms with van der Waals surface area (Å²) in [6.45, 7) is 6.20. The number of ether oxygens (including phenoxy) is 1. The molecule has 0 aromatic heterocycles. The van der Waals surface area contributed by atoms with Gasteiger partial charge in [0.2, 0.25) is 0 Å². The van der Waals surface area contributed by atoms with Crippen molar-refractivity contribution in [1.82, 2.24) is 0 Å². The lowest BCUT2D eigenvalue weighted by atomic mass is 9.76. The van der Waals surface area contributed by atoms with Crippen molar-refractivity contribution in [2.75, 3.05) is 3.11 Å². The highest BCUT2D eigenvalue weighted by Gasteiger charge is 2.48. The molecule has 2 aromatic carbocycles. The van der Waals surface area contributed by atoms with Gasteiger partial charge in [-0.15, -0.1) is 0 Å². The SMILES string of the molecule is CC1(C)CCc2cc([C@]3(C)C(=O)N(I)c4ccc(Cl)cc43)ccc2O1. The lowest BCUT2D eigenvalue weighted by Gasteiger charge is -2.34. The van der Waals surface area contributed by atoms with Crippen LogP contribution in [0.3, 0.4) is 0 Å². The van der Waals surface area contributed by atoms with Crippen molar-refractivity contribution < 1.29 is 9.53 Å². The second kappa shape index (κ2) is 5.61. The smallest absolute Gasteiger partial charge is 0.250 e. The van der Waals surface area contributed by atoms with Gasteiger partial charge >= 0.3 is 0 Å². The molecule has 0 aliphatic carbocycles. The summed E-state index contributed by atoms with van der Waals surface area (Å²) in [6.07, 6.45) is 1.92. The Kier molecular flexibility index (Phi) is 3.85. The van der Waals surface area contributed by atoms with Crippen molar-refractivity contribution in [1.29, 1.82) is 0 Å². The maximum atomic E-state index is 13.1. The number of hydrogen-bond donors (Lipinski definition) is 0. The van der Waals surface area contributed by atoms with E-state index < -0.39 is 5.41 Å². The number of carbonyl (C=O) groups excluding carboxylic acids is 1. The number of anilines is 1. The average molecular weight is 468 g/mol. The normalized spacial score (nSPS) is 23.9. The number of benzene rings is 2. The van der Waals surface area contributed by atoms with Crippen LogP contribution in [-0.4, -0.2) is 11.5 Å². The Morgan fingerprint density at radius 3 is 2.68 bits per heavy atom. The van der Waals surface area contributed by atoms with Gasteiger partial charge in [-0.2, -0.15) is 0 Å². The zero-order chi connectivity index (χ0) is 18.0. The number of halogens is 2. The van der Waals surface area contributed by atoms with Gasteiger partial charge in [-0.05, 0) is 74.6 Å². The van der Waals surface area contributed by atoms with E-state index in [1.165, 1.54) is 5.56 Å². The lowest BCUT2D eigenvalue weighted by Crippen LogP contribution is -2.36. The Morgan fingerprint density at radius 1 is 1.16 bits per heavy atom. The first-order valence-corrected chi connectivity index (χ1v) is 9.69. The van der Waals surface area contributed by atoms with Crippen LogP contribution in [0.4, 0.5) is 5.69 Å². The van der Waals surface area contributed by atoms with E-state index in [9.17, 15) is 4.79 Å². The third-order valence-electron chi connectivity index (χ3n) is 5.34. The molecular formula is C20H19ClINO2. The van der Waals surface area contributed by atoms with Crippen LogP contribution in [0.1, 0.15) is 43.9 Å². The number of rotatable bonds is 1. The van der Waals surface area contributed by atoms with Crippen LogP contribution in [0, 0.1) is 0 Å². The van der Waals surface area contributed by atoms with Crippen molar-refractivity contribution >= 4 is 46.1 Å². The Balaban J connectivity index is 1.85. The minimum Gasteiger partial charge on any atom is -0.488 e. The highest BCUT2D eigenvalue weighted by atomic mass is 127. The van der Waals surface area contributed by atoms with Crippen LogP contribution < -0.4 is 7.85 Å². The van der Waals surface area contributed by atoms with E-state index in [1.54, 1.807) is 3.11 Å². The van der Waals surface area contributed by atoms with Crippen molar-refractivity contribution in [3.63, 3.8) is 0 Å². The molecule has 0 bridgehead atoms. The van der Waals surface area contributed by atoms with E-state index in [2.05, 4.69) is 42.8 Å². The third kappa shape index (κ3) is 2.56. The fourth-order valence-electron chi connectivity index (χ4n) is 3.75. The van der Waals surface area contributed by atoms with Crippen LogP contribution in [0.15, 0.2) is 36.4 Å². The van der Waals surface area contributed by atoms with Crippen LogP contribution >= 0.6 is 34.5 Å². The summed E-state index contributed by atoms with van der Waals surface area (Å²) in [4.78, 5) is 13.1. The van der Waals surface area contributed by atoms with Gasteiger partial charge in [0.05, 0.1) is 34.0 Å². The molecule has 2 aliphatic heterocycles. The average Bonchev–Trinajstić information content (AvgIpc) is 2.76. The maximum absolute atomic E-state index is 13.1. The predicted molar refractivity (Wildman–Crippen MR) is 109 cm³/mol.